The fraction of sp³-hybridized carbons (Fsp3) is 0.273. The molecule has 2 aromatic heterocycles. The quantitative estimate of drug-likeness (QED) is 0.920. The van der Waals surface area contributed by atoms with Gasteiger partial charge in [-0.25, -0.2) is 0 Å². The van der Waals surface area contributed by atoms with Crippen LogP contribution in [-0.4, -0.2) is 0 Å². The van der Waals surface area contributed by atoms with Crippen LogP contribution in [0.5, 0.6) is 0 Å². The summed E-state index contributed by atoms with van der Waals surface area (Å²) in [4.78, 5) is 1.35. The molecule has 0 amide bonds. The largest absolute Gasteiger partial charge is 0.453 e. The van der Waals surface area contributed by atoms with Crippen molar-refractivity contribution in [3.63, 3.8) is 0 Å². The Bertz CT molecular complexity index is 410. The third-order valence-electron chi connectivity index (χ3n) is 2.18. The fourth-order valence-electron chi connectivity index (χ4n) is 1.34. The second-order valence-corrected chi connectivity index (χ2v) is 5.08. The van der Waals surface area contributed by atoms with Crippen molar-refractivity contribution < 1.29 is 4.42 Å². The standard InChI is InChI=1S/C11H12BrNOS/c1-8(10-3-2-6-15-10)13-7-9-4-5-11(12)14-9/h2-6,8,13H,7H2,1H3/t8-/m1/s1. The second-order valence-electron chi connectivity index (χ2n) is 3.32. The number of halogens is 1. The van der Waals surface area contributed by atoms with E-state index in [4.69, 9.17) is 4.42 Å². The Morgan fingerprint density at radius 1 is 1.47 bits per heavy atom. The molecule has 2 nitrogen and oxygen atoms in total. The molecule has 0 aliphatic rings. The highest BCUT2D eigenvalue weighted by atomic mass is 79.9. The van der Waals surface area contributed by atoms with E-state index in [-0.39, 0.29) is 0 Å². The molecule has 0 aliphatic carbocycles. The van der Waals surface area contributed by atoms with Crippen LogP contribution in [0.1, 0.15) is 23.6 Å². The molecule has 1 atom stereocenters. The molecule has 0 saturated carbocycles. The third-order valence-corrected chi connectivity index (χ3v) is 3.66. The Balaban J connectivity index is 1.88. The normalized spacial score (nSPS) is 12.9. The summed E-state index contributed by atoms with van der Waals surface area (Å²) in [7, 11) is 0. The van der Waals surface area contributed by atoms with E-state index in [1.165, 1.54) is 4.88 Å². The van der Waals surface area contributed by atoms with Gasteiger partial charge in [-0.15, -0.1) is 11.3 Å². The summed E-state index contributed by atoms with van der Waals surface area (Å²) in [6.07, 6.45) is 0. The Kier molecular flexibility index (Phi) is 3.61. The smallest absolute Gasteiger partial charge is 0.169 e. The highest BCUT2D eigenvalue weighted by Gasteiger charge is 2.06. The zero-order chi connectivity index (χ0) is 10.7. The van der Waals surface area contributed by atoms with Crippen molar-refractivity contribution in [2.75, 3.05) is 0 Å². The van der Waals surface area contributed by atoms with Gasteiger partial charge in [-0.3, -0.25) is 0 Å². The third kappa shape index (κ3) is 2.93. The summed E-state index contributed by atoms with van der Waals surface area (Å²) in [5, 5.41) is 5.50. The maximum Gasteiger partial charge on any atom is 0.169 e. The van der Waals surface area contributed by atoms with Crippen molar-refractivity contribution in [2.24, 2.45) is 0 Å². The van der Waals surface area contributed by atoms with Crippen molar-refractivity contribution >= 4 is 27.3 Å². The van der Waals surface area contributed by atoms with Crippen molar-refractivity contribution in [1.29, 1.82) is 0 Å². The molecular weight excluding hydrogens is 274 g/mol. The van der Waals surface area contributed by atoms with Gasteiger partial charge in [0, 0.05) is 10.9 Å². The number of furan rings is 1. The summed E-state index contributed by atoms with van der Waals surface area (Å²) in [6.45, 7) is 2.91. The van der Waals surface area contributed by atoms with Crippen LogP contribution in [0, 0.1) is 0 Å². The molecule has 0 bridgehead atoms. The monoisotopic (exact) mass is 285 g/mol. The van der Waals surface area contributed by atoms with E-state index in [1.54, 1.807) is 11.3 Å². The van der Waals surface area contributed by atoms with Gasteiger partial charge in [-0.2, -0.15) is 0 Å². The van der Waals surface area contributed by atoms with Gasteiger partial charge < -0.3 is 9.73 Å². The zero-order valence-corrected chi connectivity index (χ0v) is 10.8. The predicted octanol–water partition coefficient (Wildman–Crippen LogP) is 3.95. The van der Waals surface area contributed by atoms with Crippen LogP contribution in [0.2, 0.25) is 0 Å². The van der Waals surface area contributed by atoms with Crippen LogP contribution >= 0.6 is 27.3 Å². The van der Waals surface area contributed by atoms with Gasteiger partial charge in [0.25, 0.3) is 0 Å². The second kappa shape index (κ2) is 4.96. The maximum atomic E-state index is 5.41. The first-order valence-electron chi connectivity index (χ1n) is 4.76. The average Bonchev–Trinajstić information content (AvgIpc) is 2.84. The van der Waals surface area contributed by atoms with Gasteiger partial charge in [-0.1, -0.05) is 6.07 Å². The van der Waals surface area contributed by atoms with E-state index < -0.39 is 0 Å². The number of hydrogen-bond donors (Lipinski definition) is 1. The lowest BCUT2D eigenvalue weighted by Gasteiger charge is -2.10. The van der Waals surface area contributed by atoms with E-state index in [9.17, 15) is 0 Å². The minimum atomic E-state index is 0.369. The molecule has 0 unspecified atom stereocenters. The van der Waals surface area contributed by atoms with Gasteiger partial charge in [0.2, 0.25) is 0 Å². The summed E-state index contributed by atoms with van der Waals surface area (Å²) in [6, 6.07) is 8.46. The lowest BCUT2D eigenvalue weighted by molar-refractivity contribution is 0.448. The van der Waals surface area contributed by atoms with E-state index in [0.29, 0.717) is 6.04 Å². The van der Waals surface area contributed by atoms with E-state index >= 15 is 0 Å². The Labute approximate surface area is 101 Å². The topological polar surface area (TPSA) is 25.2 Å². The number of hydrogen-bond acceptors (Lipinski definition) is 3. The van der Waals surface area contributed by atoms with Crippen molar-refractivity contribution in [3.8, 4) is 0 Å². The van der Waals surface area contributed by atoms with E-state index in [0.717, 1.165) is 17.0 Å². The van der Waals surface area contributed by atoms with Crippen LogP contribution in [0.3, 0.4) is 0 Å². The minimum absolute atomic E-state index is 0.369. The van der Waals surface area contributed by atoms with Crippen molar-refractivity contribution in [1.82, 2.24) is 5.32 Å². The fourth-order valence-corrected chi connectivity index (χ4v) is 2.44. The molecule has 0 aliphatic heterocycles. The number of thiophene rings is 1. The van der Waals surface area contributed by atoms with Gasteiger partial charge in [0.15, 0.2) is 4.67 Å². The molecule has 0 radical (unpaired) electrons. The van der Waals surface area contributed by atoms with Crippen molar-refractivity contribution in [3.05, 3.63) is 45.0 Å². The lowest BCUT2D eigenvalue weighted by Crippen LogP contribution is -2.16. The molecule has 2 heterocycles. The number of nitrogens with one attached hydrogen (secondary N) is 1. The molecule has 80 valence electrons. The van der Waals surface area contributed by atoms with E-state index in [2.05, 4.69) is 45.7 Å². The summed E-state index contributed by atoms with van der Waals surface area (Å²) in [5.41, 5.74) is 0. The molecule has 2 rings (SSSR count). The van der Waals surface area contributed by atoms with Crippen LogP contribution in [-0.2, 0) is 6.54 Å². The molecule has 0 fully saturated rings. The van der Waals surface area contributed by atoms with Gasteiger partial charge >= 0.3 is 0 Å². The Morgan fingerprint density at radius 2 is 2.33 bits per heavy atom. The summed E-state index contributed by atoms with van der Waals surface area (Å²) in [5.74, 6) is 0.949. The molecule has 15 heavy (non-hydrogen) atoms. The van der Waals surface area contributed by atoms with Gasteiger partial charge in [0.1, 0.15) is 5.76 Å². The lowest BCUT2D eigenvalue weighted by atomic mass is 10.2. The average molecular weight is 286 g/mol. The van der Waals surface area contributed by atoms with E-state index in [1.807, 2.05) is 12.1 Å². The molecule has 2 aromatic rings. The van der Waals surface area contributed by atoms with Gasteiger partial charge in [-0.05, 0) is 46.4 Å². The first kappa shape index (κ1) is 10.9. The van der Waals surface area contributed by atoms with Crippen molar-refractivity contribution in [2.45, 2.75) is 19.5 Å². The first-order valence-corrected chi connectivity index (χ1v) is 6.44. The highest BCUT2D eigenvalue weighted by molar-refractivity contribution is 9.10. The predicted molar refractivity (Wildman–Crippen MR) is 66.0 cm³/mol. The molecule has 0 spiro atoms. The minimum Gasteiger partial charge on any atom is -0.453 e. The molecule has 0 saturated heterocycles. The van der Waals surface area contributed by atoms with Crippen LogP contribution in [0.4, 0.5) is 0 Å². The highest BCUT2D eigenvalue weighted by Crippen LogP contribution is 2.19. The van der Waals surface area contributed by atoms with Crippen LogP contribution < -0.4 is 5.32 Å². The van der Waals surface area contributed by atoms with Crippen LogP contribution in [0.25, 0.3) is 0 Å². The first-order chi connectivity index (χ1) is 7.25. The molecule has 1 N–H and O–H groups in total. The zero-order valence-electron chi connectivity index (χ0n) is 8.37. The van der Waals surface area contributed by atoms with Gasteiger partial charge in [0.05, 0.1) is 6.54 Å². The summed E-state index contributed by atoms with van der Waals surface area (Å²) >= 11 is 5.05. The molecule has 4 heteroatoms. The molecule has 0 aromatic carbocycles. The molecular formula is C11H12BrNOS. The number of rotatable bonds is 4. The Hall–Kier alpha value is -0.580. The van der Waals surface area contributed by atoms with Crippen LogP contribution in [0.15, 0.2) is 38.7 Å². The maximum absolute atomic E-state index is 5.41. The Morgan fingerprint density at radius 3 is 2.93 bits per heavy atom. The SMILES string of the molecule is C[C@@H](NCc1ccc(Br)o1)c1cccs1. The summed E-state index contributed by atoms with van der Waals surface area (Å²) < 4.78 is 6.19.